The average Bonchev–Trinajstić information content (AvgIpc) is 3.09. The number of Topliss-reactive ketones (excluding diaryl/α,β-unsaturated/α-hetero) is 1. The zero-order valence-electron chi connectivity index (χ0n) is 17.2. The molecule has 2 heterocycles. The monoisotopic (exact) mass is 397 g/mol. The van der Waals surface area contributed by atoms with Gasteiger partial charge in [0.15, 0.2) is 5.78 Å². The first kappa shape index (κ1) is 20.6. The molecule has 0 fully saturated rings. The van der Waals surface area contributed by atoms with Crippen LogP contribution < -0.4 is 5.32 Å². The van der Waals surface area contributed by atoms with Gasteiger partial charge < -0.3 is 19.9 Å². The summed E-state index contributed by atoms with van der Waals surface area (Å²) in [7, 11) is 0. The van der Waals surface area contributed by atoms with Crippen LogP contribution in [0, 0.1) is 0 Å². The van der Waals surface area contributed by atoms with E-state index in [0.29, 0.717) is 30.8 Å². The van der Waals surface area contributed by atoms with Crippen LogP contribution in [0.5, 0.6) is 0 Å². The van der Waals surface area contributed by atoms with Gasteiger partial charge in [0.25, 0.3) is 5.91 Å². The molecule has 29 heavy (non-hydrogen) atoms. The molecular weight excluding hydrogens is 370 g/mol. The largest absolute Gasteiger partial charge is 0.465 e. The number of nitrogens with one attached hydrogen (secondary N) is 1. The normalized spacial score (nSPS) is 16.1. The molecule has 0 aliphatic carbocycles. The molecule has 2 aromatic rings. The molecule has 0 bridgehead atoms. The number of fused-ring (bicyclic) bond motifs is 1. The van der Waals surface area contributed by atoms with Gasteiger partial charge in [0.2, 0.25) is 0 Å². The summed E-state index contributed by atoms with van der Waals surface area (Å²) < 4.78 is 1.93. The van der Waals surface area contributed by atoms with Crippen molar-refractivity contribution in [1.29, 1.82) is 0 Å². The maximum absolute atomic E-state index is 12.4. The van der Waals surface area contributed by atoms with E-state index < -0.39 is 11.6 Å². The standard InChI is InChI=1S/C22H27N3O4/c1-14(26)15-6-5-7-16(10-15)17-11-19-20(27)23-12-18(24(19)13-17)8-9-25(21(28)29)22(2,3)4/h5-7,10-11,13,18H,8-9,12H2,1-4H3,(H,23,27)(H,28,29). The van der Waals surface area contributed by atoms with Gasteiger partial charge in [-0.25, -0.2) is 4.79 Å². The van der Waals surface area contributed by atoms with Crippen LogP contribution in [-0.4, -0.2) is 51.0 Å². The number of carboxylic acid groups (broad SMARTS) is 1. The van der Waals surface area contributed by atoms with Crippen molar-refractivity contribution >= 4 is 17.8 Å². The van der Waals surface area contributed by atoms with Crippen molar-refractivity contribution in [2.24, 2.45) is 0 Å². The molecule has 1 atom stereocenters. The molecule has 1 aliphatic heterocycles. The fourth-order valence-electron chi connectivity index (χ4n) is 3.68. The zero-order valence-corrected chi connectivity index (χ0v) is 17.2. The molecule has 1 unspecified atom stereocenters. The minimum atomic E-state index is -0.952. The molecule has 2 N–H and O–H groups in total. The molecule has 154 valence electrons. The maximum Gasteiger partial charge on any atom is 0.407 e. The summed E-state index contributed by atoms with van der Waals surface area (Å²) in [5.74, 6) is -0.163. The average molecular weight is 397 g/mol. The van der Waals surface area contributed by atoms with E-state index in [1.165, 1.54) is 11.8 Å². The fraction of sp³-hybridized carbons (Fsp3) is 0.409. The Morgan fingerprint density at radius 2 is 1.97 bits per heavy atom. The summed E-state index contributed by atoms with van der Waals surface area (Å²) in [5, 5.41) is 12.4. The second-order valence-electron chi connectivity index (χ2n) is 8.42. The van der Waals surface area contributed by atoms with Crippen LogP contribution in [0.2, 0.25) is 0 Å². The third-order valence-electron chi connectivity index (χ3n) is 5.30. The maximum atomic E-state index is 12.4. The highest BCUT2D eigenvalue weighted by Crippen LogP contribution is 2.29. The topological polar surface area (TPSA) is 91.6 Å². The zero-order chi connectivity index (χ0) is 21.3. The van der Waals surface area contributed by atoms with Gasteiger partial charge in [-0.2, -0.15) is 0 Å². The third-order valence-corrected chi connectivity index (χ3v) is 5.30. The molecule has 0 saturated heterocycles. The second kappa shape index (κ2) is 7.73. The van der Waals surface area contributed by atoms with E-state index in [1.807, 2.05) is 55.8 Å². The van der Waals surface area contributed by atoms with Gasteiger partial charge in [0, 0.05) is 36.0 Å². The van der Waals surface area contributed by atoms with Crippen molar-refractivity contribution < 1.29 is 19.5 Å². The SMILES string of the molecule is CC(=O)c1cccc(-c2cc3n(c2)C(CCN(C(=O)O)C(C)(C)C)CNC3=O)c1. The number of amides is 2. The summed E-state index contributed by atoms with van der Waals surface area (Å²) >= 11 is 0. The Labute approximate surface area is 170 Å². The lowest BCUT2D eigenvalue weighted by molar-refractivity contribution is 0.0867. The Balaban J connectivity index is 1.88. The van der Waals surface area contributed by atoms with Crippen molar-refractivity contribution in [2.75, 3.05) is 13.1 Å². The quantitative estimate of drug-likeness (QED) is 0.751. The van der Waals surface area contributed by atoms with Gasteiger partial charge in [0.05, 0.1) is 6.04 Å². The van der Waals surface area contributed by atoms with Crippen LogP contribution in [0.1, 0.15) is 61.0 Å². The highest BCUT2D eigenvalue weighted by Gasteiger charge is 2.30. The van der Waals surface area contributed by atoms with Crippen LogP contribution in [0.4, 0.5) is 4.79 Å². The number of aromatic nitrogens is 1. The summed E-state index contributed by atoms with van der Waals surface area (Å²) in [5.41, 5.74) is 2.39. The van der Waals surface area contributed by atoms with Crippen molar-refractivity contribution in [3.8, 4) is 11.1 Å². The van der Waals surface area contributed by atoms with Crippen LogP contribution in [0.25, 0.3) is 11.1 Å². The van der Waals surface area contributed by atoms with Gasteiger partial charge in [-0.05, 0) is 51.8 Å². The number of rotatable bonds is 5. The molecule has 1 aromatic heterocycles. The van der Waals surface area contributed by atoms with E-state index in [4.69, 9.17) is 0 Å². The van der Waals surface area contributed by atoms with E-state index >= 15 is 0 Å². The van der Waals surface area contributed by atoms with Crippen LogP contribution in [-0.2, 0) is 0 Å². The predicted octanol–water partition coefficient (Wildman–Crippen LogP) is 3.81. The Morgan fingerprint density at radius 3 is 2.59 bits per heavy atom. The molecule has 1 aliphatic rings. The van der Waals surface area contributed by atoms with E-state index in [-0.39, 0.29) is 17.7 Å². The first-order chi connectivity index (χ1) is 13.6. The number of nitrogens with zero attached hydrogens (tertiary/aromatic N) is 2. The van der Waals surface area contributed by atoms with Crippen molar-refractivity contribution in [1.82, 2.24) is 14.8 Å². The highest BCUT2D eigenvalue weighted by molar-refractivity contribution is 5.97. The summed E-state index contributed by atoms with van der Waals surface area (Å²) in [6, 6.07) is 9.10. The van der Waals surface area contributed by atoms with Gasteiger partial charge in [-0.3, -0.25) is 9.59 Å². The van der Waals surface area contributed by atoms with E-state index in [0.717, 1.165) is 11.1 Å². The number of benzene rings is 1. The number of hydrogen-bond acceptors (Lipinski definition) is 3. The Morgan fingerprint density at radius 1 is 1.24 bits per heavy atom. The summed E-state index contributed by atoms with van der Waals surface area (Å²) in [6.07, 6.45) is 1.55. The van der Waals surface area contributed by atoms with E-state index in [9.17, 15) is 19.5 Å². The molecule has 1 aromatic carbocycles. The lowest BCUT2D eigenvalue weighted by atomic mass is 10.0. The second-order valence-corrected chi connectivity index (χ2v) is 8.42. The van der Waals surface area contributed by atoms with Crippen molar-refractivity contribution in [3.05, 3.63) is 47.8 Å². The molecule has 0 radical (unpaired) electrons. The van der Waals surface area contributed by atoms with Crippen molar-refractivity contribution in [2.45, 2.75) is 45.7 Å². The molecule has 0 spiro atoms. The molecule has 0 saturated carbocycles. The van der Waals surface area contributed by atoms with Crippen LogP contribution >= 0.6 is 0 Å². The number of hydrogen-bond donors (Lipinski definition) is 2. The van der Waals surface area contributed by atoms with E-state index in [1.54, 1.807) is 6.07 Å². The highest BCUT2D eigenvalue weighted by atomic mass is 16.4. The first-order valence-electron chi connectivity index (χ1n) is 9.70. The van der Waals surface area contributed by atoms with Crippen molar-refractivity contribution in [3.63, 3.8) is 0 Å². The minimum absolute atomic E-state index is 0.0117. The van der Waals surface area contributed by atoms with Gasteiger partial charge >= 0.3 is 6.09 Å². The number of carbonyl (C=O) groups is 3. The van der Waals surface area contributed by atoms with Gasteiger partial charge in [0.1, 0.15) is 5.69 Å². The Kier molecular flexibility index (Phi) is 5.50. The van der Waals surface area contributed by atoms with Crippen LogP contribution in [0.3, 0.4) is 0 Å². The Bertz CT molecular complexity index is 955. The molecule has 7 nitrogen and oxygen atoms in total. The molecular formula is C22H27N3O4. The smallest absolute Gasteiger partial charge is 0.407 e. The minimum Gasteiger partial charge on any atom is -0.465 e. The number of carbonyl (C=O) groups excluding carboxylic acids is 2. The molecule has 3 rings (SSSR count). The lowest BCUT2D eigenvalue weighted by Crippen LogP contribution is -2.47. The van der Waals surface area contributed by atoms with Gasteiger partial charge in [-0.15, -0.1) is 0 Å². The third kappa shape index (κ3) is 4.34. The van der Waals surface area contributed by atoms with Crippen LogP contribution in [0.15, 0.2) is 36.5 Å². The predicted molar refractivity (Wildman–Crippen MR) is 110 cm³/mol. The van der Waals surface area contributed by atoms with Gasteiger partial charge in [-0.1, -0.05) is 18.2 Å². The summed E-state index contributed by atoms with van der Waals surface area (Å²) in [6.45, 7) is 7.94. The first-order valence-corrected chi connectivity index (χ1v) is 9.70. The molecule has 7 heteroatoms. The lowest BCUT2D eigenvalue weighted by Gasteiger charge is -2.35. The Hall–Kier alpha value is -3.09. The van der Waals surface area contributed by atoms with E-state index in [2.05, 4.69) is 5.32 Å². The number of ketones is 1. The molecule has 2 amide bonds. The summed E-state index contributed by atoms with van der Waals surface area (Å²) in [4.78, 5) is 37.1. The fourth-order valence-corrected chi connectivity index (χ4v) is 3.68.